The fourth-order valence-electron chi connectivity index (χ4n) is 7.36. The maximum absolute atomic E-state index is 12.4. The van der Waals surface area contributed by atoms with Crippen LogP contribution in [0, 0.1) is 18.8 Å². The number of ether oxygens (including phenoxy) is 3. The molecule has 6 aromatic rings. The van der Waals surface area contributed by atoms with E-state index >= 15 is 0 Å². The number of nitrogens with zero attached hydrogens (tertiary/aromatic N) is 2. The lowest BCUT2D eigenvalue weighted by Crippen LogP contribution is -2.33. The van der Waals surface area contributed by atoms with E-state index in [9.17, 15) is 14.7 Å². The topological polar surface area (TPSA) is 88.5 Å². The largest absolute Gasteiger partial charge is 0.497 e. The summed E-state index contributed by atoms with van der Waals surface area (Å²) >= 11 is 0. The molecule has 0 amide bonds. The number of rotatable bonds is 15. The second kappa shape index (κ2) is 17.7. The molecule has 0 saturated carbocycles. The van der Waals surface area contributed by atoms with Crippen molar-refractivity contribution in [2.45, 2.75) is 33.1 Å². The molecule has 0 spiro atoms. The van der Waals surface area contributed by atoms with E-state index in [2.05, 4.69) is 102 Å². The van der Waals surface area contributed by atoms with Crippen LogP contribution in [0.4, 0.5) is 34.1 Å². The van der Waals surface area contributed by atoms with Crippen molar-refractivity contribution in [2.24, 2.45) is 11.8 Å². The molecular weight excluding hydrogens is 701 g/mol. The number of carboxylic acid groups (broad SMARTS) is 1. The Morgan fingerprint density at radius 2 is 1.00 bits per heavy atom. The Balaban J connectivity index is 1.31. The van der Waals surface area contributed by atoms with Gasteiger partial charge in [-0.3, -0.25) is 9.59 Å². The minimum atomic E-state index is -1.02. The average Bonchev–Trinajstić information content (AvgIpc) is 3.23. The summed E-state index contributed by atoms with van der Waals surface area (Å²) in [5, 5.41) is 10.2. The summed E-state index contributed by atoms with van der Waals surface area (Å²) in [7, 11) is 4.60. The number of hydrogen-bond acceptors (Lipinski definition) is 7. The van der Waals surface area contributed by atoms with Gasteiger partial charge in [-0.05, 0) is 139 Å². The van der Waals surface area contributed by atoms with E-state index in [-0.39, 0.29) is 5.92 Å². The quantitative estimate of drug-likeness (QED) is 0.104. The summed E-state index contributed by atoms with van der Waals surface area (Å²) in [6, 6.07) is 49.4. The van der Waals surface area contributed by atoms with Gasteiger partial charge in [0.25, 0.3) is 0 Å². The van der Waals surface area contributed by atoms with Crippen molar-refractivity contribution in [1.29, 1.82) is 0 Å². The highest BCUT2D eigenvalue weighted by Crippen LogP contribution is 2.41. The third-order valence-corrected chi connectivity index (χ3v) is 10.4. The van der Waals surface area contributed by atoms with Crippen molar-refractivity contribution in [1.82, 2.24) is 0 Å². The zero-order chi connectivity index (χ0) is 39.8. The van der Waals surface area contributed by atoms with E-state index in [1.807, 2.05) is 67.6 Å². The first-order valence-corrected chi connectivity index (χ1v) is 18.7. The summed E-state index contributed by atoms with van der Waals surface area (Å²) in [6.45, 7) is 5.66. The van der Waals surface area contributed by atoms with Gasteiger partial charge in [-0.2, -0.15) is 0 Å². The second-order valence-electron chi connectivity index (χ2n) is 13.8. The van der Waals surface area contributed by atoms with E-state index in [1.165, 1.54) is 12.7 Å². The van der Waals surface area contributed by atoms with Gasteiger partial charge in [0.15, 0.2) is 0 Å². The highest BCUT2D eigenvalue weighted by atomic mass is 16.5. The van der Waals surface area contributed by atoms with E-state index in [4.69, 9.17) is 14.2 Å². The van der Waals surface area contributed by atoms with Crippen molar-refractivity contribution in [2.75, 3.05) is 31.1 Å². The third-order valence-electron chi connectivity index (χ3n) is 10.4. The summed E-state index contributed by atoms with van der Waals surface area (Å²) in [5.74, 6) is -2.10. The first-order valence-electron chi connectivity index (χ1n) is 18.7. The molecule has 0 aliphatic heterocycles. The van der Waals surface area contributed by atoms with Gasteiger partial charge in [-0.25, -0.2) is 0 Å². The number of esters is 1. The van der Waals surface area contributed by atoms with Crippen molar-refractivity contribution >= 4 is 46.1 Å². The van der Waals surface area contributed by atoms with E-state index < -0.39 is 23.8 Å². The first-order chi connectivity index (χ1) is 27.1. The van der Waals surface area contributed by atoms with Crippen LogP contribution in [0.1, 0.15) is 37.3 Å². The number of anilines is 6. The van der Waals surface area contributed by atoms with Gasteiger partial charge >= 0.3 is 11.9 Å². The third kappa shape index (κ3) is 8.55. The van der Waals surface area contributed by atoms with Crippen LogP contribution in [0.2, 0.25) is 0 Å². The molecule has 0 radical (unpaired) electrons. The number of carbonyl (C=O) groups is 2. The van der Waals surface area contributed by atoms with Gasteiger partial charge in [0.05, 0.1) is 33.2 Å². The van der Waals surface area contributed by atoms with Crippen molar-refractivity contribution in [3.63, 3.8) is 0 Å². The van der Waals surface area contributed by atoms with Crippen LogP contribution < -0.4 is 19.3 Å². The van der Waals surface area contributed by atoms with Crippen LogP contribution in [0.3, 0.4) is 0 Å². The number of carboxylic acids is 1. The number of benzene rings is 6. The lowest BCUT2D eigenvalue weighted by atomic mass is 9.77. The minimum absolute atomic E-state index is 0.379. The molecule has 1 N–H and O–H groups in total. The highest BCUT2D eigenvalue weighted by Gasteiger charge is 2.37. The van der Waals surface area contributed by atoms with Crippen molar-refractivity contribution < 1.29 is 28.9 Å². The second-order valence-corrected chi connectivity index (χ2v) is 13.8. The average molecular weight is 749 g/mol. The molecule has 0 aliphatic rings. The lowest BCUT2D eigenvalue weighted by molar-refractivity contribution is -0.156. The van der Waals surface area contributed by atoms with Crippen LogP contribution in [0.5, 0.6) is 11.5 Å². The Hall–Kier alpha value is -6.54. The smallest absolute Gasteiger partial charge is 0.309 e. The van der Waals surface area contributed by atoms with Crippen molar-refractivity contribution in [3.8, 4) is 22.6 Å². The summed E-state index contributed by atoms with van der Waals surface area (Å²) in [4.78, 5) is 29.2. The molecule has 0 aliphatic carbocycles. The molecule has 0 saturated heterocycles. The zero-order valence-corrected chi connectivity index (χ0v) is 32.7. The van der Waals surface area contributed by atoms with E-state index in [1.54, 1.807) is 21.1 Å². The maximum Gasteiger partial charge on any atom is 0.309 e. The number of hydrogen-bond donors (Lipinski definition) is 1. The predicted octanol–water partition coefficient (Wildman–Crippen LogP) is 11.6. The Bertz CT molecular complexity index is 2220. The summed E-state index contributed by atoms with van der Waals surface area (Å²) < 4.78 is 15.8. The number of aliphatic carboxylic acids is 1. The molecule has 3 unspecified atom stereocenters. The Kier molecular flexibility index (Phi) is 12.4. The molecule has 6 rings (SSSR count). The van der Waals surface area contributed by atoms with E-state index in [0.717, 1.165) is 62.3 Å². The lowest BCUT2D eigenvalue weighted by Gasteiger charge is -2.29. The zero-order valence-electron chi connectivity index (χ0n) is 32.7. The van der Waals surface area contributed by atoms with Crippen LogP contribution >= 0.6 is 0 Å². The van der Waals surface area contributed by atoms with Crippen molar-refractivity contribution in [3.05, 3.63) is 157 Å². The minimum Gasteiger partial charge on any atom is -0.497 e. The molecule has 0 heterocycles. The molecule has 8 heteroatoms. The van der Waals surface area contributed by atoms with E-state index in [0.29, 0.717) is 6.42 Å². The Morgan fingerprint density at radius 1 is 0.589 bits per heavy atom. The molecule has 286 valence electrons. The molecule has 6 aromatic carbocycles. The molecule has 3 atom stereocenters. The summed E-state index contributed by atoms with van der Waals surface area (Å²) in [6.07, 6.45) is 0.549. The van der Waals surface area contributed by atoms with Gasteiger partial charge in [0.2, 0.25) is 0 Å². The molecule has 0 fully saturated rings. The number of carbonyl (C=O) groups excluding carboxylic acids is 1. The summed E-state index contributed by atoms with van der Waals surface area (Å²) in [5.41, 5.74) is 10.1. The van der Waals surface area contributed by atoms with Gasteiger partial charge in [-0.15, -0.1) is 0 Å². The van der Waals surface area contributed by atoms with Gasteiger partial charge in [0, 0.05) is 34.1 Å². The van der Waals surface area contributed by atoms with Crippen LogP contribution in [-0.2, 0) is 14.3 Å². The van der Waals surface area contributed by atoms with Crippen LogP contribution in [0.25, 0.3) is 11.1 Å². The standard InChI is InChI=1S/C48H48N2O6/c1-7-45(46(47(51)52)33(3)48(53)56-6)36-15-21-38(22-16-36)49(40-23-27-43(54-4)28-24-40)37-17-11-34(12-18-37)35-13-19-39(20-14-35)50(42-10-8-9-32(2)31-42)41-25-29-44(55-5)30-26-41/h8-31,33,45-46H,7H2,1-6H3,(H,51,52). The SMILES string of the molecule is CCC(c1ccc(N(c2ccc(OC)cc2)c2ccc(-c3ccc(N(c4ccc(OC)cc4)c4cccc(C)c4)cc3)cc2)cc1)C(C(=O)O)C(C)C(=O)OC. The Labute approximate surface area is 329 Å². The molecule has 8 nitrogen and oxygen atoms in total. The molecule has 56 heavy (non-hydrogen) atoms. The van der Waals surface area contributed by atoms with Gasteiger partial charge < -0.3 is 29.1 Å². The van der Waals surface area contributed by atoms with Crippen LogP contribution in [0.15, 0.2) is 146 Å². The van der Waals surface area contributed by atoms with Crippen LogP contribution in [-0.4, -0.2) is 38.4 Å². The van der Waals surface area contributed by atoms with Gasteiger partial charge in [-0.1, -0.05) is 62.4 Å². The normalized spacial score (nSPS) is 12.5. The maximum atomic E-state index is 12.4. The monoisotopic (exact) mass is 748 g/mol. The molecular formula is C48H48N2O6. The fraction of sp³-hybridized carbons (Fsp3) is 0.208. The number of methoxy groups -OCH3 is 3. The Morgan fingerprint density at radius 3 is 1.38 bits per heavy atom. The molecule has 0 bridgehead atoms. The highest BCUT2D eigenvalue weighted by molar-refractivity contribution is 5.83. The van der Waals surface area contributed by atoms with Gasteiger partial charge in [0.1, 0.15) is 11.5 Å². The first kappa shape index (κ1) is 39.2. The predicted molar refractivity (Wildman–Crippen MR) is 224 cm³/mol. The number of aryl methyl sites for hydroxylation is 1. The molecule has 0 aromatic heterocycles. The fourth-order valence-corrected chi connectivity index (χ4v) is 7.36.